The van der Waals surface area contributed by atoms with E-state index in [4.69, 9.17) is 5.73 Å². The molecule has 5 rings (SSSR count). The number of fused-ring (bicyclic) bond motifs is 1. The van der Waals surface area contributed by atoms with Crippen LogP contribution >= 0.6 is 0 Å². The molecule has 0 saturated heterocycles. The molecule has 2 atom stereocenters. The van der Waals surface area contributed by atoms with Crippen molar-refractivity contribution in [1.82, 2.24) is 0 Å². The first-order valence-corrected chi connectivity index (χ1v) is 10.3. The molecule has 0 heterocycles. The summed E-state index contributed by atoms with van der Waals surface area (Å²) < 4.78 is 0. The van der Waals surface area contributed by atoms with E-state index >= 15 is 0 Å². The number of anilines is 1. The summed E-state index contributed by atoms with van der Waals surface area (Å²) in [4.78, 5) is 24.6. The zero-order valence-corrected chi connectivity index (χ0v) is 16.9. The third kappa shape index (κ3) is 3.41. The molecule has 0 radical (unpaired) electrons. The molecule has 1 amide bonds. The second kappa shape index (κ2) is 7.49. The molecule has 4 aromatic carbocycles. The van der Waals surface area contributed by atoms with Gasteiger partial charge in [0, 0.05) is 22.7 Å². The van der Waals surface area contributed by atoms with Crippen LogP contribution in [0.4, 0.5) is 5.69 Å². The molecule has 0 aromatic heterocycles. The van der Waals surface area contributed by atoms with Crippen LogP contribution in [0.15, 0.2) is 91.0 Å². The van der Waals surface area contributed by atoms with E-state index in [0.29, 0.717) is 16.8 Å². The number of aldehydes is 1. The van der Waals surface area contributed by atoms with Crippen molar-refractivity contribution in [2.45, 2.75) is 17.9 Å². The minimum absolute atomic E-state index is 0.266. The molecule has 2 unspecified atom stereocenters. The van der Waals surface area contributed by atoms with E-state index in [9.17, 15) is 9.59 Å². The summed E-state index contributed by atoms with van der Waals surface area (Å²) >= 11 is 0. The van der Waals surface area contributed by atoms with E-state index in [2.05, 4.69) is 17.4 Å². The van der Waals surface area contributed by atoms with Crippen LogP contribution in [0.3, 0.4) is 0 Å². The lowest BCUT2D eigenvalue weighted by molar-refractivity contribution is 0.101. The SMILES string of the molecule is NC1(c2ccccc2)CC1c1ccc(NC(=O)c2ccc3ccccc3c2C=O)cc1. The zero-order valence-electron chi connectivity index (χ0n) is 16.9. The second-order valence-corrected chi connectivity index (χ2v) is 8.11. The fraction of sp³-hybridized carbons (Fsp3) is 0.111. The lowest BCUT2D eigenvalue weighted by Crippen LogP contribution is -2.21. The first-order chi connectivity index (χ1) is 15.1. The van der Waals surface area contributed by atoms with Gasteiger partial charge in [0.25, 0.3) is 5.91 Å². The zero-order chi connectivity index (χ0) is 21.4. The number of rotatable bonds is 5. The molecule has 31 heavy (non-hydrogen) atoms. The Hall–Kier alpha value is -3.76. The van der Waals surface area contributed by atoms with E-state index in [1.807, 2.05) is 72.8 Å². The summed E-state index contributed by atoms with van der Waals surface area (Å²) in [7, 11) is 0. The molecule has 1 aliphatic rings. The largest absolute Gasteiger partial charge is 0.322 e. The van der Waals surface area contributed by atoms with Crippen LogP contribution in [-0.2, 0) is 5.54 Å². The Morgan fingerprint density at radius 3 is 2.35 bits per heavy atom. The van der Waals surface area contributed by atoms with Crippen LogP contribution in [0.1, 0.15) is 44.2 Å². The minimum atomic E-state index is -0.323. The maximum absolute atomic E-state index is 12.9. The smallest absolute Gasteiger partial charge is 0.256 e. The quantitative estimate of drug-likeness (QED) is 0.445. The molecule has 3 N–H and O–H groups in total. The Balaban J connectivity index is 1.35. The topological polar surface area (TPSA) is 72.2 Å². The van der Waals surface area contributed by atoms with Crippen molar-refractivity contribution in [2.24, 2.45) is 5.73 Å². The highest BCUT2D eigenvalue weighted by Gasteiger charge is 2.52. The van der Waals surface area contributed by atoms with Gasteiger partial charge in [-0.1, -0.05) is 72.8 Å². The molecule has 152 valence electrons. The molecule has 4 heteroatoms. The Labute approximate surface area is 180 Å². The van der Waals surface area contributed by atoms with Gasteiger partial charge in [0.1, 0.15) is 0 Å². The van der Waals surface area contributed by atoms with Crippen LogP contribution in [0, 0.1) is 0 Å². The average Bonchev–Trinajstić information content (AvgIpc) is 3.52. The predicted octanol–water partition coefficient (Wildman–Crippen LogP) is 5.25. The number of nitrogens with one attached hydrogen (secondary N) is 1. The summed E-state index contributed by atoms with van der Waals surface area (Å²) in [5, 5.41) is 4.61. The van der Waals surface area contributed by atoms with Crippen molar-refractivity contribution in [3.05, 3.63) is 113 Å². The molecular weight excluding hydrogens is 384 g/mol. The van der Waals surface area contributed by atoms with Gasteiger partial charge in [-0.3, -0.25) is 9.59 Å². The summed E-state index contributed by atoms with van der Waals surface area (Å²) in [6, 6.07) is 29.1. The van der Waals surface area contributed by atoms with Gasteiger partial charge in [-0.2, -0.15) is 0 Å². The van der Waals surface area contributed by atoms with Crippen LogP contribution in [0.2, 0.25) is 0 Å². The maximum Gasteiger partial charge on any atom is 0.256 e. The van der Waals surface area contributed by atoms with Crippen LogP contribution < -0.4 is 11.1 Å². The lowest BCUT2D eigenvalue weighted by atomic mass is 9.98. The van der Waals surface area contributed by atoms with Crippen molar-refractivity contribution in [1.29, 1.82) is 0 Å². The number of hydrogen-bond acceptors (Lipinski definition) is 3. The van der Waals surface area contributed by atoms with Gasteiger partial charge < -0.3 is 11.1 Å². The Bertz CT molecular complexity index is 1280. The van der Waals surface area contributed by atoms with E-state index in [1.54, 1.807) is 6.07 Å². The number of carbonyl (C=O) groups excluding carboxylic acids is 2. The molecule has 1 saturated carbocycles. The third-order valence-corrected chi connectivity index (χ3v) is 6.22. The van der Waals surface area contributed by atoms with E-state index < -0.39 is 0 Å². The number of nitrogens with two attached hydrogens (primary N) is 1. The van der Waals surface area contributed by atoms with Gasteiger partial charge >= 0.3 is 0 Å². The number of amides is 1. The number of benzene rings is 4. The predicted molar refractivity (Wildman–Crippen MR) is 123 cm³/mol. The standard InChI is InChI=1S/C27H22N2O2/c28-27(20-7-2-1-3-8-20)16-25(27)19-10-13-21(14-11-19)29-26(31)23-15-12-18-6-4-5-9-22(18)24(23)17-30/h1-15,17,25H,16,28H2,(H,29,31). The summed E-state index contributed by atoms with van der Waals surface area (Å²) in [5.41, 5.74) is 10.0. The summed E-state index contributed by atoms with van der Waals surface area (Å²) in [5.74, 6) is -0.0358. The van der Waals surface area contributed by atoms with Crippen molar-refractivity contribution in [2.75, 3.05) is 5.32 Å². The average molecular weight is 406 g/mol. The van der Waals surface area contributed by atoms with E-state index in [-0.39, 0.29) is 17.4 Å². The molecular formula is C27H22N2O2. The molecule has 4 aromatic rings. The first-order valence-electron chi connectivity index (χ1n) is 10.3. The van der Waals surface area contributed by atoms with E-state index in [0.717, 1.165) is 34.6 Å². The Morgan fingerprint density at radius 2 is 1.61 bits per heavy atom. The highest BCUT2D eigenvalue weighted by Crippen LogP contribution is 2.56. The van der Waals surface area contributed by atoms with Crippen LogP contribution in [0.5, 0.6) is 0 Å². The van der Waals surface area contributed by atoms with Gasteiger partial charge in [0.15, 0.2) is 6.29 Å². The highest BCUT2D eigenvalue weighted by molar-refractivity contribution is 6.14. The number of carbonyl (C=O) groups is 2. The van der Waals surface area contributed by atoms with Gasteiger partial charge in [0.2, 0.25) is 0 Å². The fourth-order valence-electron chi connectivity index (χ4n) is 4.38. The van der Waals surface area contributed by atoms with Gasteiger partial charge in [-0.05, 0) is 46.5 Å². The van der Waals surface area contributed by atoms with Gasteiger partial charge in [0.05, 0.1) is 5.56 Å². The lowest BCUT2D eigenvalue weighted by Gasteiger charge is -2.13. The third-order valence-electron chi connectivity index (χ3n) is 6.22. The number of hydrogen-bond donors (Lipinski definition) is 2. The molecule has 1 aliphatic carbocycles. The van der Waals surface area contributed by atoms with Crippen molar-refractivity contribution < 1.29 is 9.59 Å². The summed E-state index contributed by atoms with van der Waals surface area (Å²) in [6.07, 6.45) is 1.65. The minimum Gasteiger partial charge on any atom is -0.322 e. The van der Waals surface area contributed by atoms with Crippen LogP contribution in [-0.4, -0.2) is 12.2 Å². The monoisotopic (exact) mass is 406 g/mol. The Kier molecular flexibility index (Phi) is 4.64. The van der Waals surface area contributed by atoms with Crippen molar-refractivity contribution >= 4 is 28.7 Å². The fourth-order valence-corrected chi connectivity index (χ4v) is 4.38. The van der Waals surface area contributed by atoms with Crippen molar-refractivity contribution in [3.8, 4) is 0 Å². The summed E-state index contributed by atoms with van der Waals surface area (Å²) in [6.45, 7) is 0. The van der Waals surface area contributed by atoms with E-state index in [1.165, 1.54) is 0 Å². The normalized spacial score (nSPS) is 19.7. The first kappa shape index (κ1) is 19.2. The highest BCUT2D eigenvalue weighted by atomic mass is 16.1. The van der Waals surface area contributed by atoms with Gasteiger partial charge in [-0.25, -0.2) is 0 Å². The second-order valence-electron chi connectivity index (χ2n) is 8.11. The van der Waals surface area contributed by atoms with Gasteiger partial charge in [-0.15, -0.1) is 0 Å². The molecule has 0 spiro atoms. The molecule has 1 fully saturated rings. The molecule has 4 nitrogen and oxygen atoms in total. The van der Waals surface area contributed by atoms with Crippen LogP contribution in [0.25, 0.3) is 10.8 Å². The van der Waals surface area contributed by atoms with Crippen molar-refractivity contribution in [3.63, 3.8) is 0 Å². The maximum atomic E-state index is 12.9. The Morgan fingerprint density at radius 1 is 0.903 bits per heavy atom. The molecule has 0 bridgehead atoms. The molecule has 0 aliphatic heterocycles.